The van der Waals surface area contributed by atoms with Crippen molar-refractivity contribution < 1.29 is 23.5 Å². The van der Waals surface area contributed by atoms with Crippen LogP contribution in [0.25, 0.3) is 0 Å². The van der Waals surface area contributed by atoms with Gasteiger partial charge in [-0.15, -0.1) is 0 Å². The summed E-state index contributed by atoms with van der Waals surface area (Å²) in [6, 6.07) is 15.1. The van der Waals surface area contributed by atoms with Crippen molar-refractivity contribution in [1.82, 2.24) is 10.2 Å². The van der Waals surface area contributed by atoms with Crippen molar-refractivity contribution in [2.75, 3.05) is 25.0 Å². The molecule has 0 radical (unpaired) electrons. The van der Waals surface area contributed by atoms with Gasteiger partial charge in [0.2, 0.25) is 0 Å². The molecule has 0 saturated carbocycles. The molecule has 0 aromatic heterocycles. The molecule has 0 unspecified atom stereocenters. The molecule has 158 valence electrons. The fourth-order valence-electron chi connectivity index (χ4n) is 3.18. The third kappa shape index (κ3) is 6.04. The number of amides is 3. The Morgan fingerprint density at radius 2 is 1.67 bits per heavy atom. The fraction of sp³-hybridized carbons (Fsp3) is 0.318. The number of para-hydroxylation sites is 1. The molecule has 1 saturated heterocycles. The normalized spacial score (nSPS) is 14.1. The molecule has 1 fully saturated rings. The Morgan fingerprint density at radius 3 is 2.37 bits per heavy atom. The number of ether oxygens (including phenoxy) is 1. The van der Waals surface area contributed by atoms with Crippen LogP contribution in [0.1, 0.15) is 18.4 Å². The Morgan fingerprint density at radius 1 is 1.00 bits per heavy atom. The summed E-state index contributed by atoms with van der Waals surface area (Å²) in [4.78, 5) is 38.0. The Balaban J connectivity index is 1.36. The summed E-state index contributed by atoms with van der Waals surface area (Å²) in [5.41, 5.74) is 1.07. The van der Waals surface area contributed by atoms with Crippen molar-refractivity contribution in [2.45, 2.75) is 19.4 Å². The largest absolute Gasteiger partial charge is 0.455 e. The molecular formula is C22H24FN3O4. The van der Waals surface area contributed by atoms with Crippen molar-refractivity contribution in [3.05, 3.63) is 66.0 Å². The third-order valence-electron chi connectivity index (χ3n) is 4.92. The predicted octanol–water partition coefficient (Wildman–Crippen LogP) is 2.93. The van der Waals surface area contributed by atoms with Crippen LogP contribution in [-0.2, 0) is 20.9 Å². The maximum atomic E-state index is 13.5. The van der Waals surface area contributed by atoms with Gasteiger partial charge in [-0.2, -0.15) is 0 Å². The van der Waals surface area contributed by atoms with Crippen LogP contribution < -0.4 is 10.6 Å². The number of carbonyl (C=O) groups excluding carboxylic acids is 3. The van der Waals surface area contributed by atoms with E-state index in [0.29, 0.717) is 37.2 Å². The topological polar surface area (TPSA) is 87.7 Å². The predicted molar refractivity (Wildman–Crippen MR) is 109 cm³/mol. The molecule has 1 aliphatic heterocycles. The van der Waals surface area contributed by atoms with Gasteiger partial charge >= 0.3 is 12.0 Å². The van der Waals surface area contributed by atoms with Crippen molar-refractivity contribution >= 4 is 23.6 Å². The Hall–Kier alpha value is -3.42. The first-order valence-corrected chi connectivity index (χ1v) is 9.80. The van der Waals surface area contributed by atoms with Crippen molar-refractivity contribution in [1.29, 1.82) is 0 Å². The zero-order chi connectivity index (χ0) is 21.3. The van der Waals surface area contributed by atoms with Gasteiger partial charge in [-0.3, -0.25) is 9.59 Å². The number of rotatable bonds is 6. The lowest BCUT2D eigenvalue weighted by atomic mass is 9.97. The molecule has 2 N–H and O–H groups in total. The lowest BCUT2D eigenvalue weighted by molar-refractivity contribution is -0.153. The number of likely N-dealkylation sites (tertiary alicyclic amines) is 1. The molecule has 0 bridgehead atoms. The first-order valence-electron chi connectivity index (χ1n) is 9.80. The molecule has 0 atom stereocenters. The van der Waals surface area contributed by atoms with Crippen LogP contribution in [-0.4, -0.2) is 42.5 Å². The monoisotopic (exact) mass is 413 g/mol. The summed E-state index contributed by atoms with van der Waals surface area (Å²) in [5, 5.41) is 5.34. The standard InChI is InChI=1S/C22H24FN3O4/c23-19-9-5-4-6-17(19)14-24-20(27)15-30-21(28)16-10-12-26(13-11-16)22(29)25-18-7-2-1-3-8-18/h1-9,16H,10-15H2,(H,24,27)(H,25,29). The molecule has 30 heavy (non-hydrogen) atoms. The first kappa shape index (κ1) is 21.3. The Bertz CT molecular complexity index is 883. The summed E-state index contributed by atoms with van der Waals surface area (Å²) in [5.74, 6) is -1.71. The van der Waals surface area contributed by atoms with E-state index in [2.05, 4.69) is 10.6 Å². The molecule has 3 amide bonds. The molecular weight excluding hydrogens is 389 g/mol. The van der Waals surface area contributed by atoms with Crippen LogP contribution in [0.15, 0.2) is 54.6 Å². The van der Waals surface area contributed by atoms with E-state index in [1.807, 2.05) is 18.2 Å². The van der Waals surface area contributed by atoms with E-state index in [9.17, 15) is 18.8 Å². The van der Waals surface area contributed by atoms with E-state index < -0.39 is 24.3 Å². The highest BCUT2D eigenvalue weighted by molar-refractivity contribution is 5.89. The molecule has 1 heterocycles. The zero-order valence-corrected chi connectivity index (χ0v) is 16.5. The lowest BCUT2D eigenvalue weighted by Crippen LogP contribution is -2.43. The third-order valence-corrected chi connectivity index (χ3v) is 4.92. The summed E-state index contributed by atoms with van der Waals surface area (Å²) in [6.07, 6.45) is 0.940. The average molecular weight is 413 g/mol. The number of piperidine rings is 1. The number of urea groups is 1. The van der Waals surface area contributed by atoms with Gasteiger partial charge in [0.25, 0.3) is 5.91 Å². The van der Waals surface area contributed by atoms with E-state index in [1.165, 1.54) is 6.07 Å². The number of hydrogen-bond donors (Lipinski definition) is 2. The van der Waals surface area contributed by atoms with E-state index in [1.54, 1.807) is 35.2 Å². The van der Waals surface area contributed by atoms with Gasteiger partial charge < -0.3 is 20.3 Å². The Kier molecular flexibility index (Phi) is 7.37. The number of halogens is 1. The fourth-order valence-corrected chi connectivity index (χ4v) is 3.18. The first-order chi connectivity index (χ1) is 14.5. The minimum atomic E-state index is -0.494. The highest BCUT2D eigenvalue weighted by Gasteiger charge is 2.28. The van der Waals surface area contributed by atoms with Gasteiger partial charge in [0.1, 0.15) is 5.82 Å². The van der Waals surface area contributed by atoms with Crippen molar-refractivity contribution in [3.8, 4) is 0 Å². The number of nitrogens with zero attached hydrogens (tertiary/aromatic N) is 1. The van der Waals surface area contributed by atoms with Gasteiger partial charge in [0.15, 0.2) is 6.61 Å². The van der Waals surface area contributed by atoms with Crippen LogP contribution >= 0.6 is 0 Å². The average Bonchev–Trinajstić information content (AvgIpc) is 2.77. The van der Waals surface area contributed by atoms with Gasteiger partial charge in [-0.25, -0.2) is 9.18 Å². The maximum Gasteiger partial charge on any atom is 0.321 e. The maximum absolute atomic E-state index is 13.5. The molecule has 8 heteroatoms. The van der Waals surface area contributed by atoms with Gasteiger partial charge in [0.05, 0.1) is 5.92 Å². The zero-order valence-electron chi connectivity index (χ0n) is 16.5. The summed E-state index contributed by atoms with van der Waals surface area (Å²) < 4.78 is 18.6. The number of nitrogens with one attached hydrogen (secondary N) is 2. The lowest BCUT2D eigenvalue weighted by Gasteiger charge is -2.30. The minimum Gasteiger partial charge on any atom is -0.455 e. The SMILES string of the molecule is O=C(COC(=O)C1CCN(C(=O)Nc2ccccc2)CC1)NCc1ccccc1F. The smallest absolute Gasteiger partial charge is 0.321 e. The second-order valence-corrected chi connectivity index (χ2v) is 7.03. The summed E-state index contributed by atoms with van der Waals surface area (Å²) in [7, 11) is 0. The van der Waals surface area contributed by atoms with Crippen LogP contribution in [0.3, 0.4) is 0 Å². The number of anilines is 1. The van der Waals surface area contributed by atoms with Gasteiger partial charge in [0, 0.05) is 30.9 Å². The molecule has 2 aromatic carbocycles. The van der Waals surface area contributed by atoms with Crippen LogP contribution in [0, 0.1) is 11.7 Å². The quantitative estimate of drug-likeness (QED) is 0.713. The molecule has 1 aliphatic rings. The molecule has 3 rings (SSSR count). The summed E-state index contributed by atoms with van der Waals surface area (Å²) >= 11 is 0. The van der Waals surface area contributed by atoms with Crippen molar-refractivity contribution in [2.24, 2.45) is 5.92 Å². The highest BCUT2D eigenvalue weighted by atomic mass is 19.1. The second kappa shape index (κ2) is 10.4. The molecule has 0 spiro atoms. The van der Waals surface area contributed by atoms with Gasteiger partial charge in [-0.05, 0) is 31.0 Å². The van der Waals surface area contributed by atoms with E-state index >= 15 is 0 Å². The minimum absolute atomic E-state index is 0.0258. The highest BCUT2D eigenvalue weighted by Crippen LogP contribution is 2.19. The van der Waals surface area contributed by atoms with Crippen LogP contribution in [0.5, 0.6) is 0 Å². The number of carbonyl (C=O) groups is 3. The number of benzene rings is 2. The summed E-state index contributed by atoms with van der Waals surface area (Å²) in [6.45, 7) is 0.468. The van der Waals surface area contributed by atoms with Crippen molar-refractivity contribution in [3.63, 3.8) is 0 Å². The second-order valence-electron chi connectivity index (χ2n) is 7.03. The van der Waals surface area contributed by atoms with Crippen LogP contribution in [0.2, 0.25) is 0 Å². The number of hydrogen-bond acceptors (Lipinski definition) is 4. The van der Waals surface area contributed by atoms with E-state index in [0.717, 1.165) is 0 Å². The number of esters is 1. The molecule has 2 aromatic rings. The van der Waals surface area contributed by atoms with Crippen LogP contribution in [0.4, 0.5) is 14.9 Å². The molecule has 7 nitrogen and oxygen atoms in total. The molecule has 0 aliphatic carbocycles. The van der Waals surface area contributed by atoms with Gasteiger partial charge in [-0.1, -0.05) is 36.4 Å². The van der Waals surface area contributed by atoms with E-state index in [-0.39, 0.29) is 18.5 Å². The van der Waals surface area contributed by atoms with E-state index in [4.69, 9.17) is 4.74 Å². The Labute approximate surface area is 174 Å².